The van der Waals surface area contributed by atoms with Crippen LogP contribution in [-0.2, 0) is 16.0 Å². The summed E-state index contributed by atoms with van der Waals surface area (Å²) < 4.78 is 0. The average molecular weight is 378 g/mol. The molecule has 0 spiro atoms. The number of anilines is 1. The topological polar surface area (TPSA) is 108 Å². The fourth-order valence-corrected chi connectivity index (χ4v) is 3.53. The number of carbonyl (C=O) groups is 2. The lowest BCUT2D eigenvalue weighted by Gasteiger charge is -2.15. The Morgan fingerprint density at radius 2 is 2.00 bits per heavy atom. The number of non-ortho nitro benzene ring substituents is 1. The van der Waals surface area contributed by atoms with Gasteiger partial charge in [-0.05, 0) is 24.1 Å². The highest BCUT2D eigenvalue weighted by Crippen LogP contribution is 2.26. The maximum Gasteiger partial charge on any atom is 0.271 e. The Hall–Kier alpha value is -3.52. The molecular formula is C20H18N4O4. The van der Waals surface area contributed by atoms with Gasteiger partial charge in [-0.25, -0.2) is 4.90 Å². The van der Waals surface area contributed by atoms with Crippen LogP contribution in [0.25, 0.3) is 10.9 Å². The largest absolute Gasteiger partial charge is 0.361 e. The second kappa shape index (κ2) is 7.24. The first-order valence-electron chi connectivity index (χ1n) is 8.94. The number of carbonyl (C=O) groups excluding carboxylic acids is 2. The third-order valence-corrected chi connectivity index (χ3v) is 4.91. The molecule has 2 aromatic carbocycles. The van der Waals surface area contributed by atoms with E-state index in [1.807, 2.05) is 30.5 Å². The van der Waals surface area contributed by atoms with Crippen molar-refractivity contribution in [3.05, 3.63) is 70.4 Å². The molecule has 2 N–H and O–H groups in total. The van der Waals surface area contributed by atoms with Crippen LogP contribution < -0.4 is 10.2 Å². The van der Waals surface area contributed by atoms with Crippen LogP contribution in [0.2, 0.25) is 0 Å². The Morgan fingerprint density at radius 3 is 2.82 bits per heavy atom. The number of aromatic nitrogens is 1. The van der Waals surface area contributed by atoms with Crippen LogP contribution in [0, 0.1) is 10.1 Å². The number of fused-ring (bicyclic) bond motifs is 1. The first kappa shape index (κ1) is 17.9. The Labute approximate surface area is 160 Å². The molecule has 0 radical (unpaired) electrons. The van der Waals surface area contributed by atoms with Crippen molar-refractivity contribution in [1.82, 2.24) is 10.3 Å². The van der Waals surface area contributed by atoms with Gasteiger partial charge in [0.25, 0.3) is 11.6 Å². The molecule has 1 saturated heterocycles. The maximum atomic E-state index is 12.7. The number of aromatic amines is 1. The van der Waals surface area contributed by atoms with Gasteiger partial charge in [-0.15, -0.1) is 0 Å². The van der Waals surface area contributed by atoms with Gasteiger partial charge in [-0.3, -0.25) is 19.7 Å². The number of para-hydroxylation sites is 1. The normalized spacial score (nSPS) is 16.9. The lowest BCUT2D eigenvalue weighted by atomic mass is 10.1. The summed E-state index contributed by atoms with van der Waals surface area (Å²) in [4.78, 5) is 39.6. The summed E-state index contributed by atoms with van der Waals surface area (Å²) in [5.41, 5.74) is 2.26. The predicted molar refractivity (Wildman–Crippen MR) is 104 cm³/mol. The quantitative estimate of drug-likeness (QED) is 0.389. The number of nitrogens with one attached hydrogen (secondary N) is 2. The first-order valence-corrected chi connectivity index (χ1v) is 8.94. The number of rotatable bonds is 6. The van der Waals surface area contributed by atoms with Crippen molar-refractivity contribution in [2.45, 2.75) is 18.9 Å². The summed E-state index contributed by atoms with van der Waals surface area (Å²) in [5.74, 6) is -0.750. The van der Waals surface area contributed by atoms with Crippen molar-refractivity contribution in [2.75, 3.05) is 11.4 Å². The summed E-state index contributed by atoms with van der Waals surface area (Å²) in [5, 5.41) is 15.2. The van der Waals surface area contributed by atoms with Gasteiger partial charge in [-0.1, -0.05) is 24.3 Å². The summed E-state index contributed by atoms with van der Waals surface area (Å²) in [6, 6.07) is 12.9. The number of benzene rings is 2. The van der Waals surface area contributed by atoms with E-state index in [1.165, 1.54) is 24.3 Å². The molecule has 0 aliphatic carbocycles. The van der Waals surface area contributed by atoms with E-state index in [4.69, 9.17) is 0 Å². The minimum absolute atomic E-state index is 0.0371. The van der Waals surface area contributed by atoms with Crippen LogP contribution in [0.1, 0.15) is 12.0 Å². The Kier molecular flexibility index (Phi) is 4.62. The maximum absolute atomic E-state index is 12.7. The zero-order chi connectivity index (χ0) is 19.7. The molecule has 3 aromatic rings. The smallest absolute Gasteiger partial charge is 0.271 e. The van der Waals surface area contributed by atoms with Crippen LogP contribution >= 0.6 is 0 Å². The number of nitro groups is 1. The van der Waals surface area contributed by atoms with E-state index in [9.17, 15) is 19.7 Å². The van der Waals surface area contributed by atoms with Gasteiger partial charge in [0.15, 0.2) is 0 Å². The number of imide groups is 1. The molecule has 1 aromatic heterocycles. The van der Waals surface area contributed by atoms with Crippen LogP contribution in [0.3, 0.4) is 0 Å². The number of nitro benzene ring substituents is 1. The van der Waals surface area contributed by atoms with Gasteiger partial charge in [0.2, 0.25) is 5.91 Å². The molecule has 142 valence electrons. The van der Waals surface area contributed by atoms with E-state index in [0.29, 0.717) is 13.0 Å². The average Bonchev–Trinajstić information content (AvgIpc) is 3.23. The Bertz CT molecular complexity index is 1070. The monoisotopic (exact) mass is 378 g/mol. The molecule has 8 heteroatoms. The van der Waals surface area contributed by atoms with Crippen LogP contribution in [0.4, 0.5) is 11.4 Å². The van der Waals surface area contributed by atoms with Crippen LogP contribution in [0.15, 0.2) is 54.7 Å². The van der Waals surface area contributed by atoms with Crippen molar-refractivity contribution in [1.29, 1.82) is 0 Å². The van der Waals surface area contributed by atoms with Gasteiger partial charge < -0.3 is 10.3 Å². The first-order chi connectivity index (χ1) is 13.5. The lowest BCUT2D eigenvalue weighted by Crippen LogP contribution is -2.39. The predicted octanol–water partition coefficient (Wildman–Crippen LogP) is 2.54. The molecular weight excluding hydrogens is 360 g/mol. The fourth-order valence-electron chi connectivity index (χ4n) is 3.53. The number of hydrogen-bond donors (Lipinski definition) is 2. The second-order valence-electron chi connectivity index (χ2n) is 6.66. The molecule has 0 unspecified atom stereocenters. The number of nitrogens with zero attached hydrogens (tertiary/aromatic N) is 2. The van der Waals surface area contributed by atoms with Crippen molar-refractivity contribution < 1.29 is 14.5 Å². The van der Waals surface area contributed by atoms with E-state index >= 15 is 0 Å². The molecule has 1 fully saturated rings. The Balaban J connectivity index is 1.43. The zero-order valence-corrected chi connectivity index (χ0v) is 14.9. The highest BCUT2D eigenvalue weighted by Gasteiger charge is 2.39. The van der Waals surface area contributed by atoms with Crippen LogP contribution in [-0.4, -0.2) is 34.3 Å². The summed E-state index contributed by atoms with van der Waals surface area (Å²) in [7, 11) is 0. The zero-order valence-electron chi connectivity index (χ0n) is 14.9. The SMILES string of the molecule is O=C1C[C@@H](NCCc2c[nH]c3ccccc23)C(=O)N1c1cccc([N+](=O)[O-])c1. The van der Waals surface area contributed by atoms with E-state index in [1.54, 1.807) is 0 Å². The standard InChI is InChI=1S/C20H18N4O4/c25-19-11-18(20(26)23(19)14-4-3-5-15(10-14)24(27)28)21-9-8-13-12-22-17-7-2-1-6-16(13)17/h1-7,10,12,18,21-22H,8-9,11H2/t18-/m1/s1. The van der Waals surface area contributed by atoms with E-state index in [2.05, 4.69) is 10.3 Å². The third-order valence-electron chi connectivity index (χ3n) is 4.91. The minimum atomic E-state index is -0.628. The Morgan fingerprint density at radius 1 is 1.18 bits per heavy atom. The van der Waals surface area contributed by atoms with Crippen molar-refractivity contribution in [3.8, 4) is 0 Å². The molecule has 1 aliphatic rings. The fraction of sp³-hybridized carbons (Fsp3) is 0.200. The second-order valence-corrected chi connectivity index (χ2v) is 6.66. The lowest BCUT2D eigenvalue weighted by molar-refractivity contribution is -0.384. The molecule has 0 bridgehead atoms. The third kappa shape index (κ3) is 3.25. The van der Waals surface area contributed by atoms with Crippen molar-refractivity contribution in [2.24, 2.45) is 0 Å². The number of hydrogen-bond acceptors (Lipinski definition) is 5. The van der Waals surface area contributed by atoms with Gasteiger partial charge in [0, 0.05) is 35.8 Å². The van der Waals surface area contributed by atoms with Gasteiger partial charge in [0.05, 0.1) is 23.1 Å². The summed E-state index contributed by atoms with van der Waals surface area (Å²) in [6.45, 7) is 0.536. The molecule has 1 aliphatic heterocycles. The van der Waals surface area contributed by atoms with Crippen molar-refractivity contribution >= 4 is 34.1 Å². The minimum Gasteiger partial charge on any atom is -0.361 e. The number of amides is 2. The van der Waals surface area contributed by atoms with Crippen LogP contribution in [0.5, 0.6) is 0 Å². The molecule has 4 rings (SSSR count). The molecule has 8 nitrogen and oxygen atoms in total. The molecule has 2 heterocycles. The summed E-state index contributed by atoms with van der Waals surface area (Å²) >= 11 is 0. The van der Waals surface area contributed by atoms with Gasteiger partial charge >= 0.3 is 0 Å². The van der Waals surface area contributed by atoms with E-state index in [-0.39, 0.29) is 29.6 Å². The van der Waals surface area contributed by atoms with Gasteiger partial charge in [-0.2, -0.15) is 0 Å². The molecule has 0 saturated carbocycles. The van der Waals surface area contributed by atoms with E-state index < -0.39 is 11.0 Å². The van der Waals surface area contributed by atoms with Crippen molar-refractivity contribution in [3.63, 3.8) is 0 Å². The highest BCUT2D eigenvalue weighted by molar-refractivity contribution is 6.22. The molecule has 28 heavy (non-hydrogen) atoms. The molecule has 2 amide bonds. The molecule has 1 atom stereocenters. The van der Waals surface area contributed by atoms with Gasteiger partial charge in [0.1, 0.15) is 0 Å². The van der Waals surface area contributed by atoms with E-state index in [0.717, 1.165) is 21.4 Å². The summed E-state index contributed by atoms with van der Waals surface area (Å²) in [6.07, 6.45) is 2.69. The highest BCUT2D eigenvalue weighted by atomic mass is 16.6. The number of H-pyrrole nitrogens is 1.